The van der Waals surface area contributed by atoms with Crippen LogP contribution in [0, 0.1) is 17.8 Å². The number of fused-ring (bicyclic) bond motifs is 2. The number of hydrogen-bond acceptors (Lipinski definition) is 2. The van der Waals surface area contributed by atoms with Gasteiger partial charge in [0.1, 0.15) is 5.25 Å². The SMILES string of the molecule is C[C@H](NC(=O)[C@H](Sc1ccccc1)c1ccccc1)[C@H]1C[C@@H]2CC[C@@H]1C2. The van der Waals surface area contributed by atoms with Crippen LogP contribution in [0.2, 0.25) is 0 Å². The largest absolute Gasteiger partial charge is 0.352 e. The highest BCUT2D eigenvalue weighted by atomic mass is 32.2. The number of rotatable bonds is 6. The van der Waals surface area contributed by atoms with Gasteiger partial charge in [-0.1, -0.05) is 55.0 Å². The fourth-order valence-corrected chi connectivity index (χ4v) is 5.90. The number of thioether (sulfide) groups is 1. The summed E-state index contributed by atoms with van der Waals surface area (Å²) in [6.45, 7) is 2.21. The third-order valence-corrected chi connectivity index (χ3v) is 7.41. The molecule has 26 heavy (non-hydrogen) atoms. The van der Waals surface area contributed by atoms with Gasteiger partial charge in [-0.3, -0.25) is 4.79 Å². The molecule has 0 unspecified atom stereocenters. The van der Waals surface area contributed by atoms with E-state index in [0.717, 1.165) is 22.3 Å². The second kappa shape index (κ2) is 7.87. The second-order valence-electron chi connectivity index (χ2n) is 7.86. The standard InChI is InChI=1S/C23H27NOS/c1-16(21-15-17-12-13-19(21)14-17)24-23(25)22(18-8-4-2-5-9-18)26-20-10-6-3-7-11-20/h2-11,16-17,19,21-22H,12-15H2,1H3,(H,24,25)/t16-,17+,19+,21+,22+/m0/s1. The summed E-state index contributed by atoms with van der Waals surface area (Å²) in [6.07, 6.45) is 5.44. The molecule has 2 fully saturated rings. The number of hydrogen-bond donors (Lipinski definition) is 1. The maximum atomic E-state index is 13.2. The summed E-state index contributed by atoms with van der Waals surface area (Å²) in [5.41, 5.74) is 1.07. The van der Waals surface area contributed by atoms with Crippen LogP contribution in [0.4, 0.5) is 0 Å². The van der Waals surface area contributed by atoms with Crippen molar-refractivity contribution in [3.05, 3.63) is 66.2 Å². The highest BCUT2D eigenvalue weighted by Crippen LogP contribution is 2.49. The summed E-state index contributed by atoms with van der Waals surface area (Å²) >= 11 is 1.64. The van der Waals surface area contributed by atoms with Crippen molar-refractivity contribution in [2.75, 3.05) is 0 Å². The molecule has 2 aromatic carbocycles. The van der Waals surface area contributed by atoms with Crippen LogP contribution in [0.5, 0.6) is 0 Å². The van der Waals surface area contributed by atoms with E-state index in [0.29, 0.717) is 5.92 Å². The molecule has 0 saturated heterocycles. The summed E-state index contributed by atoms with van der Waals surface area (Å²) < 4.78 is 0. The minimum absolute atomic E-state index is 0.139. The third kappa shape index (κ3) is 3.83. The average Bonchev–Trinajstić information content (AvgIpc) is 3.31. The molecule has 0 aromatic heterocycles. The Morgan fingerprint density at radius 2 is 1.69 bits per heavy atom. The Morgan fingerprint density at radius 3 is 2.31 bits per heavy atom. The van der Waals surface area contributed by atoms with Gasteiger partial charge in [-0.05, 0) is 61.6 Å². The molecule has 1 amide bonds. The number of carbonyl (C=O) groups is 1. The first-order chi connectivity index (χ1) is 12.7. The fraction of sp³-hybridized carbons (Fsp3) is 0.435. The van der Waals surface area contributed by atoms with E-state index >= 15 is 0 Å². The van der Waals surface area contributed by atoms with Crippen molar-refractivity contribution in [2.24, 2.45) is 17.8 Å². The first kappa shape index (κ1) is 17.7. The first-order valence-electron chi connectivity index (χ1n) is 9.77. The van der Waals surface area contributed by atoms with Gasteiger partial charge in [0.05, 0.1) is 0 Å². The highest BCUT2D eigenvalue weighted by molar-refractivity contribution is 8.00. The Hall–Kier alpha value is -1.74. The number of carbonyl (C=O) groups excluding carboxylic acids is 1. The van der Waals surface area contributed by atoms with Crippen LogP contribution in [-0.2, 0) is 4.79 Å². The van der Waals surface area contributed by atoms with Crippen molar-refractivity contribution in [1.82, 2.24) is 5.32 Å². The zero-order valence-corrected chi connectivity index (χ0v) is 16.1. The van der Waals surface area contributed by atoms with Gasteiger partial charge in [0, 0.05) is 10.9 Å². The molecular formula is C23H27NOS. The van der Waals surface area contributed by atoms with Crippen LogP contribution in [0.15, 0.2) is 65.6 Å². The van der Waals surface area contributed by atoms with Crippen LogP contribution in [0.25, 0.3) is 0 Å². The predicted octanol–water partition coefficient (Wildman–Crippen LogP) is 5.46. The van der Waals surface area contributed by atoms with E-state index in [2.05, 4.69) is 36.5 Å². The van der Waals surface area contributed by atoms with Crippen LogP contribution in [-0.4, -0.2) is 11.9 Å². The molecule has 2 aromatic rings. The predicted molar refractivity (Wildman–Crippen MR) is 108 cm³/mol. The zero-order valence-electron chi connectivity index (χ0n) is 15.3. The molecule has 0 spiro atoms. The normalized spacial score (nSPS) is 26.4. The Kier molecular flexibility index (Phi) is 5.35. The molecule has 2 aliphatic carbocycles. The second-order valence-corrected chi connectivity index (χ2v) is 9.04. The minimum atomic E-state index is -0.209. The summed E-state index contributed by atoms with van der Waals surface area (Å²) in [4.78, 5) is 14.3. The lowest BCUT2D eigenvalue weighted by atomic mass is 9.84. The van der Waals surface area contributed by atoms with E-state index in [4.69, 9.17) is 0 Å². The lowest BCUT2D eigenvalue weighted by Gasteiger charge is -2.30. The molecule has 5 atom stereocenters. The number of nitrogens with one attached hydrogen (secondary N) is 1. The van der Waals surface area contributed by atoms with Crippen LogP contribution < -0.4 is 5.32 Å². The third-order valence-electron chi connectivity index (χ3n) is 6.14. The highest BCUT2D eigenvalue weighted by Gasteiger charge is 2.42. The summed E-state index contributed by atoms with van der Waals surface area (Å²) in [5, 5.41) is 3.16. The van der Waals surface area contributed by atoms with Gasteiger partial charge >= 0.3 is 0 Å². The summed E-state index contributed by atoms with van der Waals surface area (Å²) in [7, 11) is 0. The van der Waals surface area contributed by atoms with Gasteiger partial charge in [-0.2, -0.15) is 0 Å². The molecule has 0 heterocycles. The molecule has 2 nitrogen and oxygen atoms in total. The quantitative estimate of drug-likeness (QED) is 0.689. The Labute approximate surface area is 160 Å². The van der Waals surface area contributed by atoms with Gasteiger partial charge in [-0.25, -0.2) is 0 Å². The Morgan fingerprint density at radius 1 is 1.00 bits per heavy atom. The summed E-state index contributed by atoms with van der Waals surface area (Å²) in [5.74, 6) is 2.54. The van der Waals surface area contributed by atoms with E-state index in [1.54, 1.807) is 11.8 Å². The van der Waals surface area contributed by atoms with Crippen molar-refractivity contribution in [3.63, 3.8) is 0 Å². The molecule has 0 aliphatic heterocycles. The summed E-state index contributed by atoms with van der Waals surface area (Å²) in [6, 6.07) is 20.6. The van der Waals surface area contributed by atoms with Crippen molar-refractivity contribution < 1.29 is 4.79 Å². The maximum Gasteiger partial charge on any atom is 0.238 e. The van der Waals surface area contributed by atoms with E-state index < -0.39 is 0 Å². The van der Waals surface area contributed by atoms with Crippen LogP contribution in [0.1, 0.15) is 43.4 Å². The smallest absolute Gasteiger partial charge is 0.238 e. The van der Waals surface area contributed by atoms with Crippen molar-refractivity contribution in [2.45, 2.75) is 48.8 Å². The zero-order chi connectivity index (χ0) is 17.9. The Bertz CT molecular complexity index is 732. The van der Waals surface area contributed by atoms with Crippen LogP contribution in [0.3, 0.4) is 0 Å². The topological polar surface area (TPSA) is 29.1 Å². The van der Waals surface area contributed by atoms with Crippen molar-refractivity contribution in [1.29, 1.82) is 0 Å². The fourth-order valence-electron chi connectivity index (χ4n) is 4.85. The first-order valence-corrected chi connectivity index (χ1v) is 10.7. The number of benzene rings is 2. The lowest BCUT2D eigenvalue weighted by molar-refractivity contribution is -0.121. The molecule has 2 aliphatic rings. The minimum Gasteiger partial charge on any atom is -0.352 e. The van der Waals surface area contributed by atoms with Crippen molar-refractivity contribution >= 4 is 17.7 Å². The molecule has 0 radical (unpaired) electrons. The molecule has 4 rings (SSSR count). The molecule has 2 bridgehead atoms. The van der Waals surface area contributed by atoms with E-state index in [1.165, 1.54) is 25.7 Å². The number of amides is 1. The van der Waals surface area contributed by atoms with E-state index in [-0.39, 0.29) is 17.2 Å². The molecular weight excluding hydrogens is 338 g/mol. The average molecular weight is 366 g/mol. The van der Waals surface area contributed by atoms with Gasteiger partial charge in [0.2, 0.25) is 5.91 Å². The van der Waals surface area contributed by atoms with Gasteiger partial charge in [-0.15, -0.1) is 11.8 Å². The van der Waals surface area contributed by atoms with Crippen LogP contribution >= 0.6 is 11.8 Å². The van der Waals surface area contributed by atoms with E-state index in [9.17, 15) is 4.79 Å². The Balaban J connectivity index is 1.48. The molecule has 3 heteroatoms. The van der Waals surface area contributed by atoms with Gasteiger partial charge < -0.3 is 5.32 Å². The monoisotopic (exact) mass is 365 g/mol. The maximum absolute atomic E-state index is 13.2. The van der Waals surface area contributed by atoms with E-state index in [1.807, 2.05) is 36.4 Å². The molecule has 1 N–H and O–H groups in total. The van der Waals surface area contributed by atoms with Crippen molar-refractivity contribution in [3.8, 4) is 0 Å². The molecule has 136 valence electrons. The molecule has 2 saturated carbocycles. The van der Waals surface area contributed by atoms with Gasteiger partial charge in [0.15, 0.2) is 0 Å². The lowest BCUT2D eigenvalue weighted by Crippen LogP contribution is -2.41. The van der Waals surface area contributed by atoms with Gasteiger partial charge in [0.25, 0.3) is 0 Å².